The molecule has 1 aliphatic rings. The lowest BCUT2D eigenvalue weighted by atomic mass is 9.85. The van der Waals surface area contributed by atoms with Crippen molar-refractivity contribution in [1.29, 1.82) is 0 Å². The number of rotatable bonds is 1. The molecule has 0 unspecified atom stereocenters. The van der Waals surface area contributed by atoms with Crippen molar-refractivity contribution < 1.29 is 18.3 Å². The maximum atomic E-state index is 13.1. The van der Waals surface area contributed by atoms with Gasteiger partial charge in [-0.2, -0.15) is 0 Å². The van der Waals surface area contributed by atoms with Crippen LogP contribution in [-0.2, 0) is 0 Å². The fourth-order valence-corrected chi connectivity index (χ4v) is 1.22. The predicted octanol–water partition coefficient (Wildman–Crippen LogP) is 1.90. The summed E-state index contributed by atoms with van der Waals surface area (Å²) in [5, 5.41) is 8.50. The van der Waals surface area contributed by atoms with Crippen molar-refractivity contribution in [3.63, 3.8) is 0 Å². The summed E-state index contributed by atoms with van der Waals surface area (Å²) in [6.45, 7) is -0.636. The standard InChI is InChI=1S/C7H11F3O/c8-6(5-11)1-3-7(9,10)4-2-6/h11H,1-5H2. The van der Waals surface area contributed by atoms with Crippen LogP contribution < -0.4 is 0 Å². The predicted molar refractivity (Wildman–Crippen MR) is 34.3 cm³/mol. The highest BCUT2D eigenvalue weighted by atomic mass is 19.3. The van der Waals surface area contributed by atoms with Crippen LogP contribution in [0.25, 0.3) is 0 Å². The van der Waals surface area contributed by atoms with Crippen molar-refractivity contribution in [3.05, 3.63) is 0 Å². The minimum absolute atomic E-state index is 0.226. The monoisotopic (exact) mass is 168 g/mol. The SMILES string of the molecule is OCC1(F)CCC(F)(F)CC1. The molecular formula is C7H11F3O. The van der Waals surface area contributed by atoms with Crippen LogP contribution in [0.1, 0.15) is 25.7 Å². The van der Waals surface area contributed by atoms with Gasteiger partial charge in [-0.15, -0.1) is 0 Å². The van der Waals surface area contributed by atoms with Gasteiger partial charge in [0.25, 0.3) is 0 Å². The summed E-state index contributed by atoms with van der Waals surface area (Å²) >= 11 is 0. The van der Waals surface area contributed by atoms with Crippen LogP contribution in [0, 0.1) is 0 Å². The molecule has 1 fully saturated rings. The first-order valence-corrected chi connectivity index (χ1v) is 3.65. The summed E-state index contributed by atoms with van der Waals surface area (Å²) in [5.74, 6) is -2.72. The second-order valence-corrected chi connectivity index (χ2v) is 3.16. The summed E-state index contributed by atoms with van der Waals surface area (Å²) in [6, 6.07) is 0. The Kier molecular flexibility index (Phi) is 2.14. The summed E-state index contributed by atoms with van der Waals surface area (Å²) < 4.78 is 37.9. The third-order valence-corrected chi connectivity index (χ3v) is 2.16. The van der Waals surface area contributed by atoms with Crippen LogP contribution in [0.5, 0.6) is 0 Å². The molecule has 4 heteroatoms. The molecule has 66 valence electrons. The smallest absolute Gasteiger partial charge is 0.248 e. The molecule has 0 aromatic rings. The molecule has 0 aromatic carbocycles. The number of aliphatic hydroxyl groups is 1. The molecule has 1 aliphatic carbocycles. The summed E-state index contributed by atoms with van der Waals surface area (Å²) in [7, 11) is 0. The molecule has 0 aliphatic heterocycles. The highest BCUT2D eigenvalue weighted by molar-refractivity contribution is 4.88. The molecule has 1 saturated carbocycles. The van der Waals surface area contributed by atoms with E-state index in [0.29, 0.717) is 0 Å². The van der Waals surface area contributed by atoms with Crippen LogP contribution >= 0.6 is 0 Å². The van der Waals surface area contributed by atoms with E-state index in [1.54, 1.807) is 0 Å². The van der Waals surface area contributed by atoms with Gasteiger partial charge in [-0.05, 0) is 12.8 Å². The van der Waals surface area contributed by atoms with Gasteiger partial charge in [-0.25, -0.2) is 13.2 Å². The lowest BCUT2D eigenvalue weighted by molar-refractivity contribution is -0.0876. The summed E-state index contributed by atoms with van der Waals surface area (Å²) in [6.07, 6.45) is -1.33. The van der Waals surface area contributed by atoms with Crippen LogP contribution in [0.4, 0.5) is 13.2 Å². The minimum atomic E-state index is -2.72. The molecular weight excluding hydrogens is 157 g/mol. The first-order valence-electron chi connectivity index (χ1n) is 3.65. The van der Waals surface area contributed by atoms with Gasteiger partial charge >= 0.3 is 0 Å². The Morgan fingerprint density at radius 1 is 1.00 bits per heavy atom. The van der Waals surface area contributed by atoms with Gasteiger partial charge in [-0.3, -0.25) is 0 Å². The van der Waals surface area contributed by atoms with Crippen molar-refractivity contribution in [2.75, 3.05) is 6.61 Å². The Morgan fingerprint density at radius 3 is 1.82 bits per heavy atom. The molecule has 1 rings (SSSR count). The average Bonchev–Trinajstić information content (AvgIpc) is 1.97. The Morgan fingerprint density at radius 2 is 1.45 bits per heavy atom. The molecule has 1 nitrogen and oxygen atoms in total. The fourth-order valence-electron chi connectivity index (χ4n) is 1.22. The summed E-state index contributed by atoms with van der Waals surface area (Å²) in [5.41, 5.74) is -1.75. The topological polar surface area (TPSA) is 20.2 Å². The number of hydrogen-bond donors (Lipinski definition) is 1. The Bertz CT molecular complexity index is 137. The number of alkyl halides is 3. The molecule has 0 saturated heterocycles. The second-order valence-electron chi connectivity index (χ2n) is 3.16. The van der Waals surface area contributed by atoms with Gasteiger partial charge in [-0.1, -0.05) is 0 Å². The van der Waals surface area contributed by atoms with Crippen LogP contribution in [0.15, 0.2) is 0 Å². The van der Waals surface area contributed by atoms with Gasteiger partial charge in [0.05, 0.1) is 6.61 Å². The van der Waals surface area contributed by atoms with Gasteiger partial charge in [0.15, 0.2) is 0 Å². The zero-order valence-electron chi connectivity index (χ0n) is 6.12. The third kappa shape index (κ3) is 2.09. The molecule has 0 atom stereocenters. The largest absolute Gasteiger partial charge is 0.393 e. The number of halogens is 3. The molecule has 0 bridgehead atoms. The zero-order chi connectivity index (χ0) is 8.54. The third-order valence-electron chi connectivity index (χ3n) is 2.16. The van der Waals surface area contributed by atoms with Crippen molar-refractivity contribution in [2.45, 2.75) is 37.3 Å². The molecule has 11 heavy (non-hydrogen) atoms. The fraction of sp³-hybridized carbons (Fsp3) is 1.00. The van der Waals surface area contributed by atoms with Crippen molar-refractivity contribution >= 4 is 0 Å². The molecule has 1 N–H and O–H groups in total. The molecule has 0 radical (unpaired) electrons. The average molecular weight is 168 g/mol. The zero-order valence-corrected chi connectivity index (χ0v) is 6.12. The van der Waals surface area contributed by atoms with Crippen LogP contribution in [-0.4, -0.2) is 23.3 Å². The molecule has 0 aromatic heterocycles. The van der Waals surface area contributed by atoms with E-state index in [0.717, 1.165) is 0 Å². The van der Waals surface area contributed by atoms with Crippen molar-refractivity contribution in [2.24, 2.45) is 0 Å². The lowest BCUT2D eigenvalue weighted by Crippen LogP contribution is -2.37. The highest BCUT2D eigenvalue weighted by Gasteiger charge is 2.43. The van der Waals surface area contributed by atoms with Crippen molar-refractivity contribution in [1.82, 2.24) is 0 Å². The number of aliphatic hydroxyl groups excluding tert-OH is 1. The normalized spacial score (nSPS) is 28.4. The Labute approximate surface area is 63.2 Å². The van der Waals surface area contributed by atoms with Crippen LogP contribution in [0.3, 0.4) is 0 Å². The van der Waals surface area contributed by atoms with Gasteiger partial charge in [0.2, 0.25) is 5.92 Å². The molecule has 0 amide bonds. The maximum Gasteiger partial charge on any atom is 0.248 e. The molecule has 0 spiro atoms. The lowest BCUT2D eigenvalue weighted by Gasteiger charge is -2.32. The maximum absolute atomic E-state index is 13.1. The van der Waals surface area contributed by atoms with E-state index in [2.05, 4.69) is 0 Å². The van der Waals surface area contributed by atoms with E-state index in [9.17, 15) is 13.2 Å². The quantitative estimate of drug-likeness (QED) is 0.634. The number of hydrogen-bond acceptors (Lipinski definition) is 1. The van der Waals surface area contributed by atoms with E-state index in [1.165, 1.54) is 0 Å². The van der Waals surface area contributed by atoms with E-state index in [1.807, 2.05) is 0 Å². The van der Waals surface area contributed by atoms with E-state index < -0.39 is 31.0 Å². The van der Waals surface area contributed by atoms with Gasteiger partial charge < -0.3 is 5.11 Å². The van der Waals surface area contributed by atoms with Gasteiger partial charge in [0.1, 0.15) is 5.67 Å². The van der Waals surface area contributed by atoms with E-state index >= 15 is 0 Å². The Hall–Kier alpha value is -0.250. The van der Waals surface area contributed by atoms with Crippen LogP contribution in [0.2, 0.25) is 0 Å². The van der Waals surface area contributed by atoms with E-state index in [-0.39, 0.29) is 12.8 Å². The summed E-state index contributed by atoms with van der Waals surface area (Å²) in [4.78, 5) is 0. The first-order chi connectivity index (χ1) is 4.97. The highest BCUT2D eigenvalue weighted by Crippen LogP contribution is 2.40. The van der Waals surface area contributed by atoms with E-state index in [4.69, 9.17) is 5.11 Å². The first kappa shape index (κ1) is 8.84. The van der Waals surface area contributed by atoms with Crippen molar-refractivity contribution in [3.8, 4) is 0 Å². The Balaban J connectivity index is 2.48. The minimum Gasteiger partial charge on any atom is -0.393 e. The molecule has 0 heterocycles. The second kappa shape index (κ2) is 2.66. The van der Waals surface area contributed by atoms with Gasteiger partial charge in [0, 0.05) is 12.8 Å².